The van der Waals surface area contributed by atoms with E-state index in [1.54, 1.807) is 29.2 Å². The summed E-state index contributed by atoms with van der Waals surface area (Å²) in [4.78, 5) is 25.2. The Bertz CT molecular complexity index is 764. The van der Waals surface area contributed by atoms with Crippen molar-refractivity contribution in [1.29, 1.82) is 0 Å². The maximum absolute atomic E-state index is 12.8. The molecule has 0 heterocycles. The van der Waals surface area contributed by atoms with Crippen molar-refractivity contribution in [3.8, 4) is 5.75 Å². The predicted octanol–water partition coefficient (Wildman–Crippen LogP) is 3.90. The van der Waals surface area contributed by atoms with E-state index in [1.807, 2.05) is 6.92 Å². The highest BCUT2D eigenvalue weighted by atomic mass is 32.2. The summed E-state index contributed by atoms with van der Waals surface area (Å²) >= 11 is 0. The van der Waals surface area contributed by atoms with Crippen LogP contribution in [-0.2, 0) is 19.7 Å². The number of carboxylic acid groups (broad SMARTS) is 1. The van der Waals surface area contributed by atoms with E-state index in [9.17, 15) is 18.0 Å². The zero-order valence-electron chi connectivity index (χ0n) is 17.6. The highest BCUT2D eigenvalue weighted by Crippen LogP contribution is 2.29. The van der Waals surface area contributed by atoms with E-state index < -0.39 is 22.7 Å². The molecule has 1 rings (SSSR count). The van der Waals surface area contributed by atoms with Crippen molar-refractivity contribution < 1.29 is 32.4 Å². The molecule has 30 heavy (non-hydrogen) atoms. The number of aliphatic carboxylic acids is 1. The summed E-state index contributed by atoms with van der Waals surface area (Å²) in [7, 11) is -3.86. The molecule has 0 spiro atoms. The smallest absolute Gasteiger partial charge is 0.341 e. The van der Waals surface area contributed by atoms with E-state index in [1.165, 1.54) is 0 Å². The molecular formula is C21H33NO7S. The van der Waals surface area contributed by atoms with Gasteiger partial charge in [-0.25, -0.2) is 4.79 Å². The van der Waals surface area contributed by atoms with Crippen LogP contribution in [0.2, 0.25) is 0 Å². The van der Waals surface area contributed by atoms with Crippen molar-refractivity contribution in [3.63, 3.8) is 0 Å². The van der Waals surface area contributed by atoms with Gasteiger partial charge in [0.05, 0.1) is 11.4 Å². The van der Waals surface area contributed by atoms with Gasteiger partial charge >= 0.3 is 5.97 Å². The van der Waals surface area contributed by atoms with E-state index >= 15 is 0 Å². The Kier molecular flexibility index (Phi) is 12.1. The average Bonchev–Trinajstić information content (AvgIpc) is 2.68. The van der Waals surface area contributed by atoms with Crippen LogP contribution in [0.1, 0.15) is 64.7 Å². The number of para-hydroxylation sites is 2. The highest BCUT2D eigenvalue weighted by molar-refractivity contribution is 7.85. The summed E-state index contributed by atoms with van der Waals surface area (Å²) in [6.45, 7) is 2.04. The third-order valence-corrected chi connectivity index (χ3v) is 5.35. The van der Waals surface area contributed by atoms with Crippen LogP contribution in [0.5, 0.6) is 5.75 Å². The molecule has 1 amide bonds. The predicted molar refractivity (Wildman–Crippen MR) is 116 cm³/mol. The average molecular weight is 444 g/mol. The van der Waals surface area contributed by atoms with Gasteiger partial charge in [0.2, 0.25) is 5.91 Å². The third-order valence-electron chi connectivity index (χ3n) is 4.55. The Hall–Kier alpha value is -2.13. The topological polar surface area (TPSA) is 121 Å². The van der Waals surface area contributed by atoms with E-state index in [-0.39, 0.29) is 11.7 Å². The second kappa shape index (κ2) is 14.0. The lowest BCUT2D eigenvalue weighted by atomic mass is 10.1. The van der Waals surface area contributed by atoms with Gasteiger partial charge in [0.25, 0.3) is 10.1 Å². The number of hydrogen-bond acceptors (Lipinski definition) is 5. The molecular weight excluding hydrogens is 410 g/mol. The van der Waals surface area contributed by atoms with Gasteiger partial charge in [0.1, 0.15) is 5.75 Å². The van der Waals surface area contributed by atoms with Crippen LogP contribution < -0.4 is 9.64 Å². The van der Waals surface area contributed by atoms with E-state index in [4.69, 9.17) is 14.4 Å². The number of unbranched alkanes of at least 4 members (excludes halogenated alkanes) is 6. The quantitative estimate of drug-likeness (QED) is 0.293. The number of benzene rings is 1. The minimum atomic E-state index is -3.86. The van der Waals surface area contributed by atoms with Gasteiger partial charge in [-0.1, -0.05) is 51.2 Å². The van der Waals surface area contributed by atoms with Gasteiger partial charge in [-0.05, 0) is 31.4 Å². The largest absolute Gasteiger partial charge is 0.480 e. The van der Waals surface area contributed by atoms with Crippen molar-refractivity contribution in [2.75, 3.05) is 23.8 Å². The number of amides is 1. The lowest BCUT2D eigenvalue weighted by Crippen LogP contribution is -2.32. The van der Waals surface area contributed by atoms with Gasteiger partial charge in [0, 0.05) is 13.0 Å². The number of rotatable bonds is 16. The van der Waals surface area contributed by atoms with E-state index in [0.717, 1.165) is 44.9 Å². The van der Waals surface area contributed by atoms with Gasteiger partial charge < -0.3 is 14.7 Å². The summed E-state index contributed by atoms with van der Waals surface area (Å²) in [5.74, 6) is -0.897. The summed E-state index contributed by atoms with van der Waals surface area (Å²) in [5, 5.41) is 8.84. The van der Waals surface area contributed by atoms with Crippen LogP contribution in [-0.4, -0.2) is 48.9 Å². The number of carbonyl (C=O) groups is 2. The first kappa shape index (κ1) is 25.9. The summed E-state index contributed by atoms with van der Waals surface area (Å²) in [5.41, 5.74) is 0.587. The Morgan fingerprint density at radius 2 is 1.60 bits per heavy atom. The maximum Gasteiger partial charge on any atom is 0.341 e. The second-order valence-corrected chi connectivity index (χ2v) is 8.78. The Balaban J connectivity index is 2.43. The van der Waals surface area contributed by atoms with Crippen LogP contribution in [0.3, 0.4) is 0 Å². The molecule has 0 atom stereocenters. The Morgan fingerprint density at radius 3 is 2.20 bits per heavy atom. The molecule has 0 bridgehead atoms. The molecule has 0 unspecified atom stereocenters. The van der Waals surface area contributed by atoms with Crippen LogP contribution in [0.4, 0.5) is 5.69 Å². The number of carboxylic acids is 1. The summed E-state index contributed by atoms with van der Waals surface area (Å²) < 4.78 is 35.3. The molecule has 0 aliphatic carbocycles. The molecule has 9 heteroatoms. The molecule has 8 nitrogen and oxygen atoms in total. The van der Waals surface area contributed by atoms with Crippen molar-refractivity contribution in [2.45, 2.75) is 64.7 Å². The fourth-order valence-corrected chi connectivity index (χ4v) is 3.69. The summed E-state index contributed by atoms with van der Waals surface area (Å²) in [6, 6.07) is 6.96. The molecule has 0 saturated heterocycles. The van der Waals surface area contributed by atoms with Gasteiger partial charge in [0.15, 0.2) is 6.61 Å². The number of nitrogens with zero attached hydrogens (tertiary/aromatic N) is 1. The minimum absolute atomic E-state index is 0.0172. The van der Waals surface area contributed by atoms with Crippen LogP contribution in [0.25, 0.3) is 0 Å². The molecule has 2 N–H and O–H groups in total. The van der Waals surface area contributed by atoms with Gasteiger partial charge in [-0.15, -0.1) is 0 Å². The summed E-state index contributed by atoms with van der Waals surface area (Å²) in [6.07, 6.45) is 6.87. The first-order valence-corrected chi connectivity index (χ1v) is 12.0. The SMILES string of the molecule is CCCN(C(=O)CCCCCCCCCS(=O)(=O)O)c1ccccc1OCC(=O)O. The lowest BCUT2D eigenvalue weighted by Gasteiger charge is -2.24. The Labute approximate surface area is 179 Å². The van der Waals surface area contributed by atoms with Crippen molar-refractivity contribution in [1.82, 2.24) is 0 Å². The minimum Gasteiger partial charge on any atom is -0.480 e. The first-order valence-electron chi connectivity index (χ1n) is 10.4. The van der Waals surface area contributed by atoms with Crippen molar-refractivity contribution in [3.05, 3.63) is 24.3 Å². The Morgan fingerprint density at radius 1 is 1.00 bits per heavy atom. The molecule has 1 aromatic carbocycles. The first-order chi connectivity index (χ1) is 14.2. The molecule has 170 valence electrons. The zero-order chi connectivity index (χ0) is 22.4. The molecule has 0 aliphatic heterocycles. The van der Waals surface area contributed by atoms with E-state index in [0.29, 0.717) is 30.8 Å². The van der Waals surface area contributed by atoms with Gasteiger partial charge in [-0.3, -0.25) is 9.35 Å². The molecule has 1 aromatic rings. The maximum atomic E-state index is 12.8. The van der Waals surface area contributed by atoms with Crippen molar-refractivity contribution in [2.24, 2.45) is 0 Å². The number of hydrogen-bond donors (Lipinski definition) is 2. The molecule has 0 aromatic heterocycles. The van der Waals surface area contributed by atoms with Crippen molar-refractivity contribution >= 4 is 27.7 Å². The number of anilines is 1. The molecule has 0 saturated carbocycles. The van der Waals surface area contributed by atoms with Gasteiger partial charge in [-0.2, -0.15) is 8.42 Å². The van der Waals surface area contributed by atoms with Crippen LogP contribution in [0.15, 0.2) is 24.3 Å². The molecule has 0 aliphatic rings. The van der Waals surface area contributed by atoms with Crippen LogP contribution >= 0.6 is 0 Å². The monoisotopic (exact) mass is 443 g/mol. The fraction of sp³-hybridized carbons (Fsp3) is 0.619. The standard InChI is InChI=1S/C21H33NO7S/c1-2-15-22(18-12-9-10-13-19(18)29-17-21(24)25)20(23)14-8-6-4-3-5-7-11-16-30(26,27)28/h9-10,12-13H,2-8,11,14-17H2,1H3,(H,24,25)(H,26,27,28). The lowest BCUT2D eigenvalue weighted by molar-refractivity contribution is -0.139. The highest BCUT2D eigenvalue weighted by Gasteiger charge is 2.18. The zero-order valence-corrected chi connectivity index (χ0v) is 18.4. The molecule has 0 fully saturated rings. The third kappa shape index (κ3) is 11.2. The van der Waals surface area contributed by atoms with E-state index in [2.05, 4.69) is 0 Å². The number of carbonyl (C=O) groups excluding carboxylic acids is 1. The number of ether oxygens (including phenoxy) is 1. The van der Waals surface area contributed by atoms with Crippen LogP contribution in [0, 0.1) is 0 Å². The second-order valence-electron chi connectivity index (χ2n) is 7.21. The fourth-order valence-electron chi connectivity index (χ4n) is 3.12. The normalized spacial score (nSPS) is 11.3. The molecule has 0 radical (unpaired) electrons.